The first-order valence-electron chi connectivity index (χ1n) is 9.11. The third-order valence-electron chi connectivity index (χ3n) is 3.93. The lowest BCUT2D eigenvalue weighted by molar-refractivity contribution is -0.123. The number of para-hydroxylation sites is 2. The number of hydrazone groups is 1. The molecule has 0 aliphatic rings. The third kappa shape index (κ3) is 5.93. The molecule has 3 rings (SSSR count). The predicted octanol–water partition coefficient (Wildman–Crippen LogP) is 3.44. The molecule has 7 heteroatoms. The van der Waals surface area contributed by atoms with Gasteiger partial charge in [0.2, 0.25) is 0 Å². The number of nitrogens with one attached hydrogen (secondary N) is 1. The molecule has 0 saturated heterocycles. The molecule has 0 saturated carbocycles. The molecule has 0 aliphatic carbocycles. The van der Waals surface area contributed by atoms with E-state index in [1.807, 2.05) is 12.1 Å². The van der Waals surface area contributed by atoms with Crippen LogP contribution in [-0.4, -0.2) is 31.8 Å². The van der Waals surface area contributed by atoms with E-state index >= 15 is 0 Å². The van der Waals surface area contributed by atoms with Crippen molar-refractivity contribution in [2.75, 3.05) is 13.7 Å². The van der Waals surface area contributed by atoms with Gasteiger partial charge in [-0.25, -0.2) is 10.2 Å². The van der Waals surface area contributed by atoms with Gasteiger partial charge < -0.3 is 14.2 Å². The lowest BCUT2D eigenvalue weighted by atomic mass is 10.2. The molecule has 0 fully saturated rings. The van der Waals surface area contributed by atoms with Crippen LogP contribution in [0.2, 0.25) is 0 Å². The molecule has 152 valence electrons. The lowest BCUT2D eigenvalue weighted by Crippen LogP contribution is -2.24. The van der Waals surface area contributed by atoms with E-state index < -0.39 is 11.9 Å². The quantitative estimate of drug-likeness (QED) is 0.269. The summed E-state index contributed by atoms with van der Waals surface area (Å²) in [5, 5.41) is 3.89. The Balaban J connectivity index is 1.47. The second-order valence-electron chi connectivity index (χ2n) is 6.06. The standard InChI is InChI=1S/C23H20N2O5/c1-28-20-9-5-6-10-21(20)29-16-22(26)25-24-15-17-11-13-19(14-12-17)30-23(27)18-7-3-2-4-8-18/h2-15H,16H2,1H3,(H,25,26). The predicted molar refractivity (Wildman–Crippen MR) is 112 cm³/mol. The highest BCUT2D eigenvalue weighted by atomic mass is 16.5. The average molecular weight is 404 g/mol. The summed E-state index contributed by atoms with van der Waals surface area (Å²) in [7, 11) is 1.53. The highest BCUT2D eigenvalue weighted by Crippen LogP contribution is 2.25. The van der Waals surface area contributed by atoms with Crippen molar-refractivity contribution >= 4 is 18.1 Å². The minimum Gasteiger partial charge on any atom is -0.493 e. The van der Waals surface area contributed by atoms with Crippen LogP contribution in [0.5, 0.6) is 17.2 Å². The van der Waals surface area contributed by atoms with Crippen molar-refractivity contribution in [1.29, 1.82) is 0 Å². The molecule has 0 radical (unpaired) electrons. The largest absolute Gasteiger partial charge is 0.493 e. The number of benzene rings is 3. The van der Waals surface area contributed by atoms with Crippen LogP contribution in [-0.2, 0) is 4.79 Å². The average Bonchev–Trinajstić information content (AvgIpc) is 2.79. The molecule has 1 N–H and O–H groups in total. The number of carbonyl (C=O) groups excluding carboxylic acids is 2. The Labute approximate surface area is 173 Å². The molecule has 3 aromatic rings. The maximum Gasteiger partial charge on any atom is 0.343 e. The van der Waals surface area contributed by atoms with E-state index in [9.17, 15) is 9.59 Å². The van der Waals surface area contributed by atoms with E-state index in [4.69, 9.17) is 14.2 Å². The Morgan fingerprint density at radius 2 is 1.57 bits per heavy atom. The van der Waals surface area contributed by atoms with E-state index in [0.717, 1.165) is 5.56 Å². The maximum atomic E-state index is 12.0. The van der Waals surface area contributed by atoms with Crippen LogP contribution in [0.25, 0.3) is 0 Å². The van der Waals surface area contributed by atoms with Crippen LogP contribution in [0.3, 0.4) is 0 Å². The van der Waals surface area contributed by atoms with Crippen molar-refractivity contribution in [1.82, 2.24) is 5.43 Å². The molecule has 0 unspecified atom stereocenters. The van der Waals surface area contributed by atoms with Gasteiger partial charge in [-0.15, -0.1) is 0 Å². The fourth-order valence-corrected chi connectivity index (χ4v) is 2.45. The first-order valence-corrected chi connectivity index (χ1v) is 9.11. The summed E-state index contributed by atoms with van der Waals surface area (Å²) in [4.78, 5) is 23.9. The van der Waals surface area contributed by atoms with Gasteiger partial charge in [-0.2, -0.15) is 5.10 Å². The zero-order valence-corrected chi connectivity index (χ0v) is 16.3. The summed E-state index contributed by atoms with van der Waals surface area (Å²) in [5.74, 6) is 0.585. The van der Waals surface area contributed by atoms with E-state index in [0.29, 0.717) is 22.8 Å². The molecule has 0 aromatic heterocycles. The van der Waals surface area contributed by atoms with Gasteiger partial charge in [0, 0.05) is 0 Å². The molecular formula is C23H20N2O5. The maximum absolute atomic E-state index is 12.0. The first-order chi connectivity index (χ1) is 14.7. The van der Waals surface area contributed by atoms with E-state index in [1.54, 1.807) is 66.7 Å². The van der Waals surface area contributed by atoms with E-state index in [2.05, 4.69) is 10.5 Å². The Hall–Kier alpha value is -4.13. The smallest absolute Gasteiger partial charge is 0.343 e. The number of esters is 1. The Morgan fingerprint density at radius 3 is 2.27 bits per heavy atom. The van der Waals surface area contributed by atoms with Gasteiger partial charge in [-0.05, 0) is 54.1 Å². The monoisotopic (exact) mass is 404 g/mol. The normalized spacial score (nSPS) is 10.4. The molecule has 0 spiro atoms. The van der Waals surface area contributed by atoms with Gasteiger partial charge in [-0.1, -0.05) is 30.3 Å². The minimum atomic E-state index is -0.431. The topological polar surface area (TPSA) is 86.2 Å². The van der Waals surface area contributed by atoms with E-state index in [1.165, 1.54) is 13.3 Å². The molecule has 3 aromatic carbocycles. The van der Waals surface area contributed by atoms with Crippen molar-refractivity contribution in [3.8, 4) is 17.2 Å². The molecule has 0 heterocycles. The third-order valence-corrected chi connectivity index (χ3v) is 3.93. The molecular weight excluding hydrogens is 384 g/mol. The van der Waals surface area contributed by atoms with E-state index in [-0.39, 0.29) is 6.61 Å². The van der Waals surface area contributed by atoms with Crippen LogP contribution in [0.4, 0.5) is 0 Å². The number of carbonyl (C=O) groups is 2. The minimum absolute atomic E-state index is 0.202. The summed E-state index contributed by atoms with van der Waals surface area (Å²) < 4.78 is 15.9. The highest BCUT2D eigenvalue weighted by Gasteiger charge is 2.08. The number of hydrogen-bond acceptors (Lipinski definition) is 6. The SMILES string of the molecule is COc1ccccc1OCC(=O)NN=Cc1ccc(OC(=O)c2ccccc2)cc1. The zero-order valence-electron chi connectivity index (χ0n) is 16.3. The zero-order chi connectivity index (χ0) is 21.2. The first kappa shape index (κ1) is 20.6. The molecule has 0 aliphatic heterocycles. The lowest BCUT2D eigenvalue weighted by Gasteiger charge is -2.09. The van der Waals surface area contributed by atoms with Crippen molar-refractivity contribution in [2.24, 2.45) is 5.10 Å². The summed E-state index contributed by atoms with van der Waals surface area (Å²) >= 11 is 0. The Morgan fingerprint density at radius 1 is 0.900 bits per heavy atom. The molecule has 1 amide bonds. The number of nitrogens with zero attached hydrogens (tertiary/aromatic N) is 1. The van der Waals surface area contributed by atoms with Gasteiger partial charge in [0.15, 0.2) is 18.1 Å². The Kier molecular flexibility index (Phi) is 7.16. The van der Waals surface area contributed by atoms with Crippen molar-refractivity contribution in [3.63, 3.8) is 0 Å². The number of amides is 1. The van der Waals surface area contributed by atoms with Crippen molar-refractivity contribution < 1.29 is 23.8 Å². The second kappa shape index (κ2) is 10.4. The van der Waals surface area contributed by atoms with Gasteiger partial charge >= 0.3 is 5.97 Å². The molecule has 0 bridgehead atoms. The molecule has 7 nitrogen and oxygen atoms in total. The number of ether oxygens (including phenoxy) is 3. The van der Waals surface area contributed by atoms with Crippen LogP contribution >= 0.6 is 0 Å². The van der Waals surface area contributed by atoms with Crippen molar-refractivity contribution in [2.45, 2.75) is 0 Å². The number of rotatable bonds is 8. The van der Waals surface area contributed by atoms with Crippen LogP contribution in [0.1, 0.15) is 15.9 Å². The highest BCUT2D eigenvalue weighted by molar-refractivity contribution is 5.91. The van der Waals surface area contributed by atoms with Crippen LogP contribution in [0, 0.1) is 0 Å². The number of methoxy groups -OCH3 is 1. The Bertz CT molecular complexity index is 1020. The molecule has 30 heavy (non-hydrogen) atoms. The summed E-state index contributed by atoms with van der Waals surface area (Å²) in [6.45, 7) is -0.202. The summed E-state index contributed by atoms with van der Waals surface area (Å²) in [5.41, 5.74) is 3.58. The van der Waals surface area contributed by atoms with Gasteiger partial charge in [0.1, 0.15) is 5.75 Å². The molecule has 0 atom stereocenters. The van der Waals surface area contributed by atoms with Crippen LogP contribution < -0.4 is 19.6 Å². The summed E-state index contributed by atoms with van der Waals surface area (Å²) in [6.07, 6.45) is 1.48. The second-order valence-corrected chi connectivity index (χ2v) is 6.06. The van der Waals surface area contributed by atoms with Crippen LogP contribution in [0.15, 0.2) is 84.0 Å². The number of hydrogen-bond donors (Lipinski definition) is 1. The summed E-state index contributed by atoms with van der Waals surface area (Å²) in [6, 6.07) is 22.5. The fourth-order valence-electron chi connectivity index (χ4n) is 2.45. The van der Waals surface area contributed by atoms with Gasteiger partial charge in [0.05, 0.1) is 18.9 Å². The fraction of sp³-hybridized carbons (Fsp3) is 0.0870. The van der Waals surface area contributed by atoms with Crippen molar-refractivity contribution in [3.05, 3.63) is 90.0 Å². The van der Waals surface area contributed by atoms with Gasteiger partial charge in [-0.3, -0.25) is 4.79 Å². The van der Waals surface area contributed by atoms with Gasteiger partial charge in [0.25, 0.3) is 5.91 Å².